The van der Waals surface area contributed by atoms with Crippen molar-refractivity contribution in [3.63, 3.8) is 0 Å². The van der Waals surface area contributed by atoms with Crippen LogP contribution in [0.3, 0.4) is 0 Å². The first-order valence-electron chi connectivity index (χ1n) is 9.92. The molecule has 35 heavy (non-hydrogen) atoms. The van der Waals surface area contributed by atoms with Gasteiger partial charge in [-0.3, -0.25) is 4.79 Å². The highest BCUT2D eigenvalue weighted by Gasteiger charge is 2.65. The van der Waals surface area contributed by atoms with E-state index in [1.165, 1.54) is 0 Å². The molecular weight excluding hydrogens is 536 g/mol. The highest BCUT2D eigenvalue weighted by Crippen LogP contribution is 3.02. The third-order valence-corrected chi connectivity index (χ3v) is 7.34. The lowest BCUT2D eigenvalue weighted by atomic mass is 9.94. The Balaban J connectivity index is 1.94. The van der Waals surface area contributed by atoms with E-state index in [1.54, 1.807) is 30.3 Å². The fraction of sp³-hybridized carbons (Fsp3) is 0.190. The Morgan fingerprint density at radius 1 is 1.14 bits per heavy atom. The van der Waals surface area contributed by atoms with Gasteiger partial charge in [0.25, 0.3) is 0 Å². The fourth-order valence-electron chi connectivity index (χ4n) is 3.77. The number of anilines is 1. The Labute approximate surface area is 206 Å². The summed E-state index contributed by atoms with van der Waals surface area (Å²) in [6.07, 6.45) is 0.626. The molecule has 0 radical (unpaired) electrons. The number of hydrogen-bond donors (Lipinski definition) is 2. The average molecular weight is 552 g/mol. The third kappa shape index (κ3) is 4.63. The van der Waals surface area contributed by atoms with Gasteiger partial charge in [0.05, 0.1) is 15.5 Å². The number of nitrogens with two attached hydrogens (primary N) is 1. The standard InChI is InChI=1S/C21H16Cl2F5N5OS/c22-14-8-13(35(24,25,26,27)28)9-15(23)18(14)33-19(31-11-12-4-2-1-3-5-12)17(16(10-29)32-33)21(6-7-21)20(30)34/h1-5,8-9,31H,6-7,11H2,(H2,30,34). The summed E-state index contributed by atoms with van der Waals surface area (Å²) in [7, 11) is -10.1. The molecule has 0 aliphatic heterocycles. The predicted molar refractivity (Wildman–Crippen MR) is 124 cm³/mol. The number of nitrogens with zero attached hydrogens (tertiary/aromatic N) is 3. The van der Waals surface area contributed by atoms with Crippen molar-refractivity contribution in [3.05, 3.63) is 69.3 Å². The zero-order valence-corrected chi connectivity index (χ0v) is 19.9. The molecule has 1 aliphatic carbocycles. The van der Waals surface area contributed by atoms with Gasteiger partial charge in [0, 0.05) is 12.1 Å². The van der Waals surface area contributed by atoms with Gasteiger partial charge >= 0.3 is 10.2 Å². The van der Waals surface area contributed by atoms with Crippen molar-refractivity contribution < 1.29 is 24.2 Å². The molecule has 186 valence electrons. The first-order chi connectivity index (χ1) is 16.1. The van der Waals surface area contributed by atoms with Gasteiger partial charge in [-0.1, -0.05) is 73.0 Å². The predicted octanol–water partition coefficient (Wildman–Crippen LogP) is 6.84. The minimum absolute atomic E-state index is 0.0330. The number of carbonyl (C=O) groups is 1. The number of hydrogen-bond acceptors (Lipinski definition) is 4. The Hall–Kier alpha value is -3.01. The molecule has 3 N–H and O–H groups in total. The van der Waals surface area contributed by atoms with Crippen LogP contribution in [0.5, 0.6) is 0 Å². The van der Waals surface area contributed by atoms with E-state index in [4.69, 9.17) is 28.9 Å². The van der Waals surface area contributed by atoms with Crippen molar-refractivity contribution in [2.45, 2.75) is 29.7 Å². The Morgan fingerprint density at radius 3 is 2.17 bits per heavy atom. The Morgan fingerprint density at radius 2 is 1.71 bits per heavy atom. The van der Waals surface area contributed by atoms with Crippen molar-refractivity contribution in [1.82, 2.24) is 9.78 Å². The van der Waals surface area contributed by atoms with Crippen molar-refractivity contribution in [2.75, 3.05) is 5.32 Å². The second kappa shape index (κ2) is 7.49. The second-order valence-electron chi connectivity index (χ2n) is 8.09. The number of benzene rings is 2. The number of halogens is 7. The van der Waals surface area contributed by atoms with Gasteiger partial charge in [-0.15, -0.1) is 0 Å². The van der Waals surface area contributed by atoms with Crippen LogP contribution < -0.4 is 11.1 Å². The molecule has 1 amide bonds. The first-order valence-corrected chi connectivity index (χ1v) is 12.6. The smallest absolute Gasteiger partial charge is 0.310 e. The number of primary amides is 1. The van der Waals surface area contributed by atoms with Gasteiger partial charge in [0.2, 0.25) is 5.91 Å². The third-order valence-electron chi connectivity index (χ3n) is 5.64. The molecule has 0 unspecified atom stereocenters. The van der Waals surface area contributed by atoms with Crippen molar-refractivity contribution in [1.29, 1.82) is 5.26 Å². The molecule has 3 aromatic rings. The maximum atomic E-state index is 13.4. The van der Waals surface area contributed by atoms with Gasteiger partial charge in [0.1, 0.15) is 22.5 Å². The molecule has 2 aromatic carbocycles. The van der Waals surface area contributed by atoms with Crippen LogP contribution in [0.25, 0.3) is 5.69 Å². The van der Waals surface area contributed by atoms with E-state index in [9.17, 15) is 29.5 Å². The number of carbonyl (C=O) groups excluding carboxylic acids is 1. The van der Waals surface area contributed by atoms with Gasteiger partial charge < -0.3 is 11.1 Å². The van der Waals surface area contributed by atoms with E-state index < -0.39 is 36.5 Å². The second-order valence-corrected chi connectivity index (χ2v) is 11.3. The SMILES string of the molecule is N#Cc1nn(-c2c(Cl)cc(S(F)(F)(F)(F)F)cc2Cl)c(NCc2ccccc2)c1C1(C(N)=O)CC1. The van der Waals surface area contributed by atoms with Crippen LogP contribution in [0.2, 0.25) is 10.0 Å². The summed E-state index contributed by atoms with van der Waals surface area (Å²) < 4.78 is 67.7. The van der Waals surface area contributed by atoms with Crippen LogP contribution >= 0.6 is 33.4 Å². The monoisotopic (exact) mass is 551 g/mol. The normalized spacial score (nSPS) is 16.6. The Bertz CT molecular complexity index is 1380. The van der Waals surface area contributed by atoms with Gasteiger partial charge in [-0.25, -0.2) is 4.68 Å². The minimum Gasteiger partial charge on any atom is -0.369 e. The highest BCUT2D eigenvalue weighted by atomic mass is 35.5. The van der Waals surface area contributed by atoms with Crippen LogP contribution in [0.1, 0.15) is 29.7 Å². The summed E-state index contributed by atoms with van der Waals surface area (Å²) in [6.45, 7) is 0.151. The van der Waals surface area contributed by atoms with Gasteiger partial charge in [-0.05, 0) is 30.5 Å². The van der Waals surface area contributed by atoms with Crippen molar-refractivity contribution in [3.8, 4) is 11.8 Å². The molecule has 1 fully saturated rings. The fourth-order valence-corrected chi connectivity index (χ4v) is 5.23. The molecule has 0 saturated heterocycles. The molecule has 1 saturated carbocycles. The molecule has 0 bridgehead atoms. The van der Waals surface area contributed by atoms with E-state index >= 15 is 0 Å². The summed E-state index contributed by atoms with van der Waals surface area (Å²) >= 11 is 12.0. The van der Waals surface area contributed by atoms with Crippen LogP contribution in [-0.2, 0) is 16.8 Å². The van der Waals surface area contributed by atoms with E-state index in [-0.39, 0.29) is 41.4 Å². The molecule has 0 atom stereocenters. The summed E-state index contributed by atoms with van der Waals surface area (Å²) in [4.78, 5) is 10.0. The molecule has 14 heteroatoms. The van der Waals surface area contributed by atoms with Gasteiger partial charge in [-0.2, -0.15) is 10.4 Å². The summed E-state index contributed by atoms with van der Waals surface area (Å²) in [5.41, 5.74) is 4.67. The molecular formula is C21H16Cl2F5N5OS. The van der Waals surface area contributed by atoms with E-state index in [1.807, 2.05) is 6.07 Å². The molecule has 1 aliphatic rings. The molecule has 0 spiro atoms. The lowest BCUT2D eigenvalue weighted by Crippen LogP contribution is -2.29. The zero-order chi connectivity index (χ0) is 25.9. The van der Waals surface area contributed by atoms with E-state index in [0.717, 1.165) is 10.2 Å². The highest BCUT2D eigenvalue weighted by molar-refractivity contribution is 8.45. The maximum Gasteiger partial charge on any atom is 0.310 e. The molecule has 1 aromatic heterocycles. The van der Waals surface area contributed by atoms with Crippen LogP contribution in [0, 0.1) is 11.3 Å². The lowest BCUT2D eigenvalue weighted by molar-refractivity contribution is -0.120. The summed E-state index contributed by atoms with van der Waals surface area (Å²) in [5, 5.41) is 15.3. The zero-order valence-electron chi connectivity index (χ0n) is 17.5. The average Bonchev–Trinajstić information content (AvgIpc) is 3.47. The van der Waals surface area contributed by atoms with E-state index in [2.05, 4.69) is 10.4 Å². The van der Waals surface area contributed by atoms with Crippen LogP contribution in [0.4, 0.5) is 25.2 Å². The number of nitriles is 1. The topological polar surface area (TPSA) is 96.7 Å². The molecule has 4 rings (SSSR count). The van der Waals surface area contributed by atoms with Crippen LogP contribution in [0.15, 0.2) is 47.4 Å². The molecule has 6 nitrogen and oxygen atoms in total. The Kier molecular flexibility index (Phi) is 5.37. The largest absolute Gasteiger partial charge is 0.369 e. The number of amides is 1. The maximum absolute atomic E-state index is 13.4. The minimum atomic E-state index is -10.1. The summed E-state index contributed by atoms with van der Waals surface area (Å²) in [5.74, 6) is -0.685. The summed E-state index contributed by atoms with van der Waals surface area (Å²) in [6, 6.07) is 10.9. The van der Waals surface area contributed by atoms with Crippen LogP contribution in [-0.4, -0.2) is 15.7 Å². The lowest BCUT2D eigenvalue weighted by Gasteiger charge is -2.40. The number of aromatic nitrogens is 2. The number of nitrogens with one attached hydrogen (secondary N) is 1. The van der Waals surface area contributed by atoms with Crippen molar-refractivity contribution in [2.24, 2.45) is 5.73 Å². The van der Waals surface area contributed by atoms with Gasteiger partial charge in [0.15, 0.2) is 5.69 Å². The molecule has 1 heterocycles. The quantitative estimate of drug-likeness (QED) is 0.314. The number of rotatable bonds is 7. The first kappa shape index (κ1) is 25.1. The van der Waals surface area contributed by atoms with E-state index in [0.29, 0.717) is 12.8 Å². The van der Waals surface area contributed by atoms with Crippen molar-refractivity contribution >= 4 is 45.2 Å².